The number of hydrogen-bond donors (Lipinski definition) is 1. The molecular weight excluding hydrogens is 230 g/mol. The minimum absolute atomic E-state index is 0.0174. The number of nitrogens with zero attached hydrogens (tertiary/aromatic N) is 1. The number of nitrogens with one attached hydrogen (secondary N) is 1. The second-order valence-corrected chi connectivity index (χ2v) is 3.28. The van der Waals surface area contributed by atoms with E-state index in [0.29, 0.717) is 0 Å². The Labute approximate surface area is 95.2 Å². The maximum atomic E-state index is 13.6. The fourth-order valence-electron chi connectivity index (χ4n) is 1.40. The highest BCUT2D eigenvalue weighted by Gasteiger charge is 2.21. The van der Waals surface area contributed by atoms with Gasteiger partial charge in [-0.15, -0.1) is 0 Å². The molecule has 2 aromatic rings. The molecule has 17 heavy (non-hydrogen) atoms. The van der Waals surface area contributed by atoms with E-state index in [9.17, 15) is 13.6 Å². The Morgan fingerprint density at radius 2 is 2.00 bits per heavy atom. The number of H-pyrrole nitrogens is 1. The van der Waals surface area contributed by atoms with Crippen LogP contribution in [0, 0.1) is 11.6 Å². The standard InChI is InChI=1S/C11H8F2N2O2/c1-17-7-2-8(12)10(9(13)3-7)11(16)6-4-14-15-5-6/h2-5H,1H3,(H,14,15). The van der Waals surface area contributed by atoms with Crippen molar-refractivity contribution in [2.24, 2.45) is 0 Å². The van der Waals surface area contributed by atoms with Gasteiger partial charge in [0.25, 0.3) is 0 Å². The molecule has 0 fully saturated rings. The summed E-state index contributed by atoms with van der Waals surface area (Å²) in [5.41, 5.74) is -0.528. The molecule has 0 unspecified atom stereocenters. The summed E-state index contributed by atoms with van der Waals surface area (Å²) in [5, 5.41) is 5.95. The Morgan fingerprint density at radius 3 is 2.47 bits per heavy atom. The predicted octanol–water partition coefficient (Wildman–Crippen LogP) is 1.93. The molecule has 1 N–H and O–H groups in total. The number of ketones is 1. The zero-order chi connectivity index (χ0) is 12.4. The number of carbonyl (C=O) groups excluding carboxylic acids is 1. The molecule has 0 atom stereocenters. The van der Waals surface area contributed by atoms with Crippen LogP contribution in [0.4, 0.5) is 8.78 Å². The average Bonchev–Trinajstić information content (AvgIpc) is 2.81. The highest BCUT2D eigenvalue weighted by molar-refractivity contribution is 6.09. The van der Waals surface area contributed by atoms with E-state index in [1.54, 1.807) is 0 Å². The summed E-state index contributed by atoms with van der Waals surface area (Å²) in [6.45, 7) is 0. The van der Waals surface area contributed by atoms with Gasteiger partial charge in [-0.3, -0.25) is 9.89 Å². The maximum absolute atomic E-state index is 13.6. The summed E-state index contributed by atoms with van der Waals surface area (Å²) >= 11 is 0. The van der Waals surface area contributed by atoms with Gasteiger partial charge in [0, 0.05) is 18.3 Å². The van der Waals surface area contributed by atoms with Crippen LogP contribution in [0.2, 0.25) is 0 Å². The second-order valence-electron chi connectivity index (χ2n) is 3.28. The Bertz CT molecular complexity index is 530. The maximum Gasteiger partial charge on any atom is 0.202 e. The summed E-state index contributed by atoms with van der Waals surface area (Å²) in [7, 11) is 1.28. The molecule has 2 rings (SSSR count). The summed E-state index contributed by atoms with van der Waals surface area (Å²) in [4.78, 5) is 11.8. The van der Waals surface area contributed by atoms with Crippen molar-refractivity contribution < 1.29 is 18.3 Å². The zero-order valence-corrected chi connectivity index (χ0v) is 8.83. The van der Waals surface area contributed by atoms with Crippen LogP contribution in [-0.4, -0.2) is 23.1 Å². The van der Waals surface area contributed by atoms with Crippen LogP contribution in [0.15, 0.2) is 24.5 Å². The highest BCUT2D eigenvalue weighted by Crippen LogP contribution is 2.22. The van der Waals surface area contributed by atoms with E-state index in [4.69, 9.17) is 4.74 Å². The van der Waals surface area contributed by atoms with Crippen LogP contribution in [-0.2, 0) is 0 Å². The molecule has 0 aliphatic carbocycles. The van der Waals surface area contributed by atoms with Crippen molar-refractivity contribution >= 4 is 5.78 Å². The molecule has 1 heterocycles. The van der Waals surface area contributed by atoms with Gasteiger partial charge >= 0.3 is 0 Å². The van der Waals surface area contributed by atoms with E-state index >= 15 is 0 Å². The highest BCUT2D eigenvalue weighted by atomic mass is 19.1. The lowest BCUT2D eigenvalue weighted by atomic mass is 10.0. The smallest absolute Gasteiger partial charge is 0.202 e. The average molecular weight is 238 g/mol. The number of aromatic amines is 1. The molecule has 0 saturated carbocycles. The number of ether oxygens (including phenoxy) is 1. The van der Waals surface area contributed by atoms with Gasteiger partial charge in [-0.2, -0.15) is 5.10 Å². The molecule has 0 amide bonds. The first-order chi connectivity index (χ1) is 8.13. The second kappa shape index (κ2) is 4.32. The van der Waals surface area contributed by atoms with E-state index in [2.05, 4.69) is 10.2 Å². The number of benzene rings is 1. The fraction of sp³-hybridized carbons (Fsp3) is 0.0909. The first-order valence-electron chi connectivity index (χ1n) is 4.70. The van der Waals surface area contributed by atoms with Gasteiger partial charge in [0.2, 0.25) is 5.78 Å². The van der Waals surface area contributed by atoms with Gasteiger partial charge in [-0.1, -0.05) is 0 Å². The van der Waals surface area contributed by atoms with Crippen molar-refractivity contribution in [2.45, 2.75) is 0 Å². The minimum atomic E-state index is -0.965. The topological polar surface area (TPSA) is 55.0 Å². The molecule has 88 valence electrons. The predicted molar refractivity (Wildman–Crippen MR) is 54.9 cm³/mol. The van der Waals surface area contributed by atoms with Crippen molar-refractivity contribution in [1.29, 1.82) is 0 Å². The molecule has 0 aliphatic heterocycles. The summed E-state index contributed by atoms with van der Waals surface area (Å²) in [5.74, 6) is -2.68. The molecule has 1 aromatic carbocycles. The van der Waals surface area contributed by atoms with E-state index in [1.165, 1.54) is 19.5 Å². The number of rotatable bonds is 3. The molecule has 0 radical (unpaired) electrons. The molecule has 6 heteroatoms. The number of aromatic nitrogens is 2. The van der Waals surface area contributed by atoms with Gasteiger partial charge in [0.1, 0.15) is 17.4 Å². The number of hydrogen-bond acceptors (Lipinski definition) is 3. The van der Waals surface area contributed by atoms with Crippen LogP contribution in [0.1, 0.15) is 15.9 Å². The Morgan fingerprint density at radius 1 is 1.35 bits per heavy atom. The van der Waals surface area contributed by atoms with Crippen molar-refractivity contribution in [3.8, 4) is 5.75 Å². The van der Waals surface area contributed by atoms with E-state index in [-0.39, 0.29) is 11.3 Å². The third kappa shape index (κ3) is 2.01. The van der Waals surface area contributed by atoms with Gasteiger partial charge in [0.15, 0.2) is 0 Å². The molecule has 1 aromatic heterocycles. The first-order valence-corrected chi connectivity index (χ1v) is 4.70. The largest absolute Gasteiger partial charge is 0.497 e. The number of halogens is 2. The summed E-state index contributed by atoms with van der Waals surface area (Å²) in [6, 6.07) is 1.91. The summed E-state index contributed by atoms with van der Waals surface area (Å²) < 4.78 is 31.8. The van der Waals surface area contributed by atoms with Crippen molar-refractivity contribution in [3.05, 3.63) is 47.3 Å². The lowest BCUT2D eigenvalue weighted by Crippen LogP contribution is -2.07. The zero-order valence-electron chi connectivity index (χ0n) is 8.83. The normalized spacial score (nSPS) is 10.3. The van der Waals surface area contributed by atoms with Crippen LogP contribution in [0.5, 0.6) is 5.75 Å². The van der Waals surface area contributed by atoms with Gasteiger partial charge in [-0.05, 0) is 0 Å². The number of methoxy groups -OCH3 is 1. The fourth-order valence-corrected chi connectivity index (χ4v) is 1.40. The monoisotopic (exact) mass is 238 g/mol. The van der Waals surface area contributed by atoms with Gasteiger partial charge < -0.3 is 4.74 Å². The third-order valence-corrected chi connectivity index (χ3v) is 2.24. The van der Waals surface area contributed by atoms with Crippen LogP contribution >= 0.6 is 0 Å². The van der Waals surface area contributed by atoms with Gasteiger partial charge in [0.05, 0.1) is 24.4 Å². The van der Waals surface area contributed by atoms with Crippen molar-refractivity contribution in [2.75, 3.05) is 7.11 Å². The van der Waals surface area contributed by atoms with Crippen LogP contribution in [0.3, 0.4) is 0 Å². The minimum Gasteiger partial charge on any atom is -0.497 e. The first kappa shape index (κ1) is 11.3. The quantitative estimate of drug-likeness (QED) is 0.831. The third-order valence-electron chi connectivity index (χ3n) is 2.24. The summed E-state index contributed by atoms with van der Waals surface area (Å²) in [6.07, 6.45) is 2.47. The van der Waals surface area contributed by atoms with E-state index in [0.717, 1.165) is 12.1 Å². The van der Waals surface area contributed by atoms with Crippen molar-refractivity contribution in [3.63, 3.8) is 0 Å². The van der Waals surface area contributed by atoms with Crippen LogP contribution in [0.25, 0.3) is 0 Å². The Hall–Kier alpha value is -2.24. The van der Waals surface area contributed by atoms with Gasteiger partial charge in [-0.25, -0.2) is 8.78 Å². The molecule has 4 nitrogen and oxygen atoms in total. The van der Waals surface area contributed by atoms with E-state index in [1.807, 2.05) is 0 Å². The molecular formula is C11H8F2N2O2. The molecule has 0 saturated heterocycles. The molecule has 0 spiro atoms. The van der Waals surface area contributed by atoms with Crippen LogP contribution < -0.4 is 4.74 Å². The Kier molecular flexibility index (Phi) is 2.86. The number of carbonyl (C=O) groups is 1. The van der Waals surface area contributed by atoms with Crippen molar-refractivity contribution in [1.82, 2.24) is 10.2 Å². The molecule has 0 bridgehead atoms. The lowest BCUT2D eigenvalue weighted by Gasteiger charge is -2.05. The Balaban J connectivity index is 2.49. The SMILES string of the molecule is COc1cc(F)c(C(=O)c2cn[nH]c2)c(F)c1. The molecule has 0 aliphatic rings. The lowest BCUT2D eigenvalue weighted by molar-refractivity contribution is 0.103. The van der Waals surface area contributed by atoms with E-state index < -0.39 is 23.0 Å².